The number of urea groups is 1. The number of imide groups is 1. The Morgan fingerprint density at radius 2 is 1.96 bits per heavy atom. The summed E-state index contributed by atoms with van der Waals surface area (Å²) < 4.78 is 1.87. The van der Waals surface area contributed by atoms with Gasteiger partial charge in [0.05, 0.1) is 5.75 Å². The van der Waals surface area contributed by atoms with E-state index in [1.54, 1.807) is 0 Å². The number of para-hydroxylation sites is 1. The normalized spacial score (nSPS) is 10.4. The summed E-state index contributed by atoms with van der Waals surface area (Å²) in [4.78, 5) is 23.4. The molecule has 0 aliphatic carbocycles. The van der Waals surface area contributed by atoms with Gasteiger partial charge in [0.15, 0.2) is 5.16 Å². The van der Waals surface area contributed by atoms with Crippen molar-refractivity contribution >= 4 is 23.7 Å². The molecule has 1 heterocycles. The number of nitrogens with one attached hydrogen (secondary N) is 2. The maximum atomic E-state index is 11.9. The van der Waals surface area contributed by atoms with Crippen LogP contribution in [0.15, 0.2) is 35.5 Å². The number of hydrogen-bond acceptors (Lipinski definition) is 5. The third-order valence-corrected chi connectivity index (χ3v) is 4.14. The van der Waals surface area contributed by atoms with Crippen molar-refractivity contribution in [1.82, 2.24) is 25.4 Å². The van der Waals surface area contributed by atoms with E-state index in [-0.39, 0.29) is 11.7 Å². The smallest absolute Gasteiger partial charge is 0.321 e. The molecule has 2 N–H and O–H groups in total. The minimum absolute atomic E-state index is 0.0894. The molecule has 24 heavy (non-hydrogen) atoms. The number of unbranched alkanes of at least 4 members (excludes halogenated alkanes) is 1. The first-order valence-electron chi connectivity index (χ1n) is 7.79. The standard InChI is InChI=1S/C16H21N5O2S/c1-3-4-10-17-15(23)18-14(22)11-24-16-20-19-12(2)21(16)13-8-6-5-7-9-13/h5-9H,3-4,10-11H2,1-2H3,(H2,17,18,22,23). The van der Waals surface area contributed by atoms with Crippen molar-refractivity contribution in [2.45, 2.75) is 31.8 Å². The molecule has 7 nitrogen and oxygen atoms in total. The molecule has 0 fully saturated rings. The van der Waals surface area contributed by atoms with Crippen molar-refractivity contribution in [3.63, 3.8) is 0 Å². The largest absolute Gasteiger partial charge is 0.338 e. The zero-order chi connectivity index (χ0) is 17.4. The van der Waals surface area contributed by atoms with Gasteiger partial charge >= 0.3 is 6.03 Å². The Morgan fingerprint density at radius 3 is 2.67 bits per heavy atom. The Kier molecular flexibility index (Phi) is 6.80. The summed E-state index contributed by atoms with van der Waals surface area (Å²) in [5, 5.41) is 13.7. The maximum absolute atomic E-state index is 11.9. The number of aromatic nitrogens is 3. The summed E-state index contributed by atoms with van der Waals surface area (Å²) in [5.74, 6) is 0.460. The molecule has 0 atom stereocenters. The summed E-state index contributed by atoms with van der Waals surface area (Å²) in [7, 11) is 0. The molecule has 0 saturated carbocycles. The van der Waals surface area contributed by atoms with Crippen LogP contribution in [-0.2, 0) is 4.79 Å². The lowest BCUT2D eigenvalue weighted by Crippen LogP contribution is -2.40. The molecule has 0 bridgehead atoms. The minimum atomic E-state index is -0.463. The molecule has 0 radical (unpaired) electrons. The zero-order valence-corrected chi connectivity index (χ0v) is 14.6. The molecular weight excluding hydrogens is 326 g/mol. The number of amides is 3. The van der Waals surface area contributed by atoms with E-state index >= 15 is 0 Å². The minimum Gasteiger partial charge on any atom is -0.338 e. The lowest BCUT2D eigenvalue weighted by atomic mass is 10.3. The Bertz CT molecular complexity index is 687. The highest BCUT2D eigenvalue weighted by Crippen LogP contribution is 2.21. The van der Waals surface area contributed by atoms with Crippen molar-refractivity contribution in [3.05, 3.63) is 36.2 Å². The van der Waals surface area contributed by atoms with Crippen LogP contribution in [0.3, 0.4) is 0 Å². The molecule has 2 rings (SSSR count). The predicted molar refractivity (Wildman–Crippen MR) is 93.3 cm³/mol. The predicted octanol–water partition coefficient (Wildman–Crippen LogP) is 2.29. The van der Waals surface area contributed by atoms with Gasteiger partial charge in [0, 0.05) is 12.2 Å². The highest BCUT2D eigenvalue weighted by molar-refractivity contribution is 7.99. The number of carbonyl (C=O) groups is 2. The van der Waals surface area contributed by atoms with E-state index in [4.69, 9.17) is 0 Å². The second-order valence-electron chi connectivity index (χ2n) is 5.15. The van der Waals surface area contributed by atoms with Crippen molar-refractivity contribution in [1.29, 1.82) is 0 Å². The maximum Gasteiger partial charge on any atom is 0.321 e. The first-order valence-corrected chi connectivity index (χ1v) is 8.78. The summed E-state index contributed by atoms with van der Waals surface area (Å²) >= 11 is 1.24. The fourth-order valence-electron chi connectivity index (χ4n) is 2.03. The van der Waals surface area contributed by atoms with E-state index in [1.165, 1.54) is 11.8 Å². The number of hydrogen-bond donors (Lipinski definition) is 2. The van der Waals surface area contributed by atoms with Crippen molar-refractivity contribution in [2.24, 2.45) is 0 Å². The van der Waals surface area contributed by atoms with E-state index < -0.39 is 6.03 Å². The summed E-state index contributed by atoms with van der Waals surface area (Å²) in [5.41, 5.74) is 0.931. The summed E-state index contributed by atoms with van der Waals surface area (Å²) in [6, 6.07) is 9.21. The highest BCUT2D eigenvalue weighted by Gasteiger charge is 2.14. The molecular formula is C16H21N5O2S. The van der Waals surface area contributed by atoms with Gasteiger partial charge < -0.3 is 5.32 Å². The SMILES string of the molecule is CCCCNC(=O)NC(=O)CSc1nnc(C)n1-c1ccccc1. The molecule has 128 valence electrons. The molecule has 0 spiro atoms. The van der Waals surface area contributed by atoms with E-state index in [1.807, 2.05) is 48.7 Å². The molecule has 0 unspecified atom stereocenters. The molecule has 1 aromatic carbocycles. The molecule has 3 amide bonds. The third-order valence-electron chi connectivity index (χ3n) is 3.21. The van der Waals surface area contributed by atoms with Gasteiger partial charge in [-0.25, -0.2) is 4.79 Å². The Morgan fingerprint density at radius 1 is 1.21 bits per heavy atom. The number of rotatable bonds is 7. The summed E-state index contributed by atoms with van der Waals surface area (Å²) in [6.45, 7) is 4.45. The second-order valence-corrected chi connectivity index (χ2v) is 6.09. The quantitative estimate of drug-likeness (QED) is 0.592. The second kappa shape index (κ2) is 9.07. The van der Waals surface area contributed by atoms with E-state index in [0.29, 0.717) is 11.7 Å². The van der Waals surface area contributed by atoms with Crippen LogP contribution >= 0.6 is 11.8 Å². The number of aryl methyl sites for hydroxylation is 1. The molecule has 1 aromatic heterocycles. The fraction of sp³-hybridized carbons (Fsp3) is 0.375. The molecule has 2 aromatic rings. The zero-order valence-electron chi connectivity index (χ0n) is 13.8. The monoisotopic (exact) mass is 347 g/mol. The molecule has 8 heteroatoms. The number of benzene rings is 1. The summed E-state index contributed by atoms with van der Waals surface area (Å²) in [6.07, 6.45) is 1.87. The molecule has 0 aliphatic rings. The average Bonchev–Trinajstić information content (AvgIpc) is 2.94. The highest BCUT2D eigenvalue weighted by atomic mass is 32.2. The van der Waals surface area contributed by atoms with E-state index in [9.17, 15) is 9.59 Å². The van der Waals surface area contributed by atoms with Crippen LogP contribution in [0.5, 0.6) is 0 Å². The van der Waals surface area contributed by atoms with Crippen molar-refractivity contribution in [2.75, 3.05) is 12.3 Å². The Balaban J connectivity index is 1.91. The van der Waals surface area contributed by atoms with Gasteiger partial charge in [0.2, 0.25) is 5.91 Å². The van der Waals surface area contributed by atoms with Gasteiger partial charge in [-0.2, -0.15) is 0 Å². The van der Waals surface area contributed by atoms with Crippen LogP contribution in [0.1, 0.15) is 25.6 Å². The average molecular weight is 347 g/mol. The topological polar surface area (TPSA) is 88.9 Å². The fourth-order valence-corrected chi connectivity index (χ4v) is 2.82. The lowest BCUT2D eigenvalue weighted by molar-refractivity contribution is -0.117. The van der Waals surface area contributed by atoms with Gasteiger partial charge in [0.1, 0.15) is 5.82 Å². The first kappa shape index (κ1) is 18.0. The number of nitrogens with zero attached hydrogens (tertiary/aromatic N) is 3. The first-order chi connectivity index (χ1) is 11.6. The van der Waals surface area contributed by atoms with Crippen molar-refractivity contribution in [3.8, 4) is 5.69 Å². The third kappa shape index (κ3) is 5.09. The van der Waals surface area contributed by atoms with Crippen molar-refractivity contribution < 1.29 is 9.59 Å². The van der Waals surface area contributed by atoms with Crippen LogP contribution in [0.4, 0.5) is 4.79 Å². The number of carbonyl (C=O) groups excluding carboxylic acids is 2. The van der Waals surface area contributed by atoms with E-state index in [0.717, 1.165) is 24.4 Å². The molecule has 0 saturated heterocycles. The van der Waals surface area contributed by atoms with Crippen LogP contribution in [0.25, 0.3) is 5.69 Å². The Labute approximate surface area is 145 Å². The molecule has 0 aliphatic heterocycles. The van der Waals surface area contributed by atoms with Gasteiger partial charge in [-0.05, 0) is 25.5 Å². The number of thioether (sulfide) groups is 1. The van der Waals surface area contributed by atoms with Gasteiger partial charge in [-0.3, -0.25) is 14.7 Å². The Hall–Kier alpha value is -2.35. The van der Waals surface area contributed by atoms with Gasteiger partial charge in [-0.1, -0.05) is 43.3 Å². The van der Waals surface area contributed by atoms with Crippen LogP contribution in [0.2, 0.25) is 0 Å². The van der Waals surface area contributed by atoms with E-state index in [2.05, 4.69) is 20.8 Å². The van der Waals surface area contributed by atoms with Crippen LogP contribution < -0.4 is 10.6 Å². The van der Waals surface area contributed by atoms with Crippen LogP contribution in [-0.4, -0.2) is 39.0 Å². The lowest BCUT2D eigenvalue weighted by Gasteiger charge is -2.08. The van der Waals surface area contributed by atoms with Gasteiger partial charge in [0.25, 0.3) is 0 Å². The van der Waals surface area contributed by atoms with Crippen LogP contribution in [0, 0.1) is 6.92 Å². The van der Waals surface area contributed by atoms with Gasteiger partial charge in [-0.15, -0.1) is 10.2 Å².